The lowest BCUT2D eigenvalue weighted by molar-refractivity contribution is 0.242. The van der Waals surface area contributed by atoms with Crippen molar-refractivity contribution in [2.24, 2.45) is 0 Å². The lowest BCUT2D eigenvalue weighted by Gasteiger charge is -2.46. The van der Waals surface area contributed by atoms with Gasteiger partial charge in [-0.2, -0.15) is 0 Å². The van der Waals surface area contributed by atoms with Gasteiger partial charge in [-0.15, -0.1) is 0 Å². The number of benzene rings is 2. The summed E-state index contributed by atoms with van der Waals surface area (Å²) < 4.78 is 43.4. The fourth-order valence-electron chi connectivity index (χ4n) is 7.14. The molecule has 0 spiro atoms. The summed E-state index contributed by atoms with van der Waals surface area (Å²) in [7, 11) is -5.80. The third-order valence-electron chi connectivity index (χ3n) is 8.84. The molecule has 4 atom stereocenters. The van der Waals surface area contributed by atoms with Gasteiger partial charge in [0.05, 0.1) is 0 Å². The predicted molar refractivity (Wildman–Crippen MR) is 145 cm³/mol. The normalized spacial score (nSPS) is 36.0. The van der Waals surface area contributed by atoms with Crippen molar-refractivity contribution in [1.82, 2.24) is 18.7 Å². The van der Waals surface area contributed by atoms with Crippen LogP contribution in [0.2, 0.25) is 0 Å². The highest BCUT2D eigenvalue weighted by Gasteiger charge is 2.58. The Bertz CT molecular complexity index is 1100. The van der Waals surface area contributed by atoms with Gasteiger partial charge < -0.3 is 0 Å². The van der Waals surface area contributed by atoms with Crippen LogP contribution in [0.1, 0.15) is 25.7 Å². The standard InChI is InChI=1S/C26H36N6O2P2/c33-35(29-15-7-13-25(29)21-31(35)23-9-3-1-4-10-23)27-17-19-28(20-18-27)36(34)30-16-8-14-26(30)22-32(36)24-11-5-2-6-12-24/h1-6,9-12,25-26H,7-8,13-22H2/t25-,26-,35?,36?/m0/s1. The molecule has 5 fully saturated rings. The molecule has 0 bridgehead atoms. The molecule has 5 aliphatic rings. The van der Waals surface area contributed by atoms with Crippen molar-refractivity contribution in [2.45, 2.75) is 37.8 Å². The monoisotopic (exact) mass is 526 g/mol. The molecule has 10 heteroatoms. The van der Waals surface area contributed by atoms with E-state index in [-0.39, 0.29) is 0 Å². The minimum absolute atomic E-state index is 0.362. The van der Waals surface area contributed by atoms with Crippen LogP contribution in [-0.2, 0) is 9.13 Å². The Labute approximate surface area is 214 Å². The Morgan fingerprint density at radius 3 is 1.33 bits per heavy atom. The molecule has 7 rings (SSSR count). The molecule has 0 radical (unpaired) electrons. The Kier molecular flexibility index (Phi) is 5.85. The van der Waals surface area contributed by atoms with Crippen LogP contribution in [0.3, 0.4) is 0 Å². The highest BCUT2D eigenvalue weighted by Crippen LogP contribution is 2.68. The Morgan fingerprint density at radius 1 is 0.556 bits per heavy atom. The van der Waals surface area contributed by atoms with E-state index in [1.54, 1.807) is 0 Å². The molecule has 0 aromatic heterocycles. The van der Waals surface area contributed by atoms with Gasteiger partial charge >= 0.3 is 15.2 Å². The summed E-state index contributed by atoms with van der Waals surface area (Å²) in [6.07, 6.45) is 4.47. The molecular weight excluding hydrogens is 490 g/mol. The van der Waals surface area contributed by atoms with Crippen LogP contribution in [0.15, 0.2) is 60.7 Å². The number of rotatable bonds is 4. The largest absolute Gasteiger partial charge is 0.311 e. The van der Waals surface area contributed by atoms with Gasteiger partial charge in [0.1, 0.15) is 0 Å². The number of hydrogen-bond donors (Lipinski definition) is 0. The summed E-state index contributed by atoms with van der Waals surface area (Å²) in [4.78, 5) is 0. The first-order valence-corrected chi connectivity index (χ1v) is 16.6. The number of fused-ring (bicyclic) bond motifs is 2. The van der Waals surface area contributed by atoms with E-state index in [0.717, 1.165) is 63.2 Å². The molecule has 2 unspecified atom stereocenters. The second-order valence-electron chi connectivity index (χ2n) is 10.7. The van der Waals surface area contributed by atoms with Gasteiger partial charge in [0.15, 0.2) is 0 Å². The van der Waals surface area contributed by atoms with E-state index in [9.17, 15) is 9.13 Å². The SMILES string of the molecule is O=P1(N2CCN(P3(=O)N(c4ccccc4)C[C@@H]4CCCN43)CC2)N(c2ccccc2)C[C@@H]2CCCN21. The molecule has 2 aromatic carbocycles. The Hall–Kier alpha value is -1.66. The van der Waals surface area contributed by atoms with Crippen LogP contribution in [0.5, 0.6) is 0 Å². The van der Waals surface area contributed by atoms with E-state index in [1.165, 1.54) is 0 Å². The van der Waals surface area contributed by atoms with E-state index in [2.05, 4.69) is 52.3 Å². The minimum Gasteiger partial charge on any atom is -0.297 e. The van der Waals surface area contributed by atoms with Gasteiger partial charge in [0, 0.05) is 75.8 Å². The third-order valence-corrected chi connectivity index (χ3v) is 15.5. The Morgan fingerprint density at radius 2 is 0.944 bits per heavy atom. The summed E-state index contributed by atoms with van der Waals surface area (Å²) in [5.41, 5.74) is 2.10. The van der Waals surface area contributed by atoms with Crippen LogP contribution < -0.4 is 9.34 Å². The summed E-state index contributed by atoms with van der Waals surface area (Å²) in [6, 6.07) is 21.3. The van der Waals surface area contributed by atoms with Crippen LogP contribution in [0, 0.1) is 0 Å². The van der Waals surface area contributed by atoms with Crippen molar-refractivity contribution in [1.29, 1.82) is 0 Å². The summed E-state index contributed by atoms with van der Waals surface area (Å²) >= 11 is 0. The first kappa shape index (κ1) is 23.5. The summed E-state index contributed by atoms with van der Waals surface area (Å²) in [5, 5.41) is 0. The van der Waals surface area contributed by atoms with Crippen molar-refractivity contribution in [2.75, 3.05) is 61.7 Å². The topological polar surface area (TPSA) is 53.6 Å². The van der Waals surface area contributed by atoms with E-state index in [1.807, 2.05) is 36.4 Å². The fourth-order valence-corrected chi connectivity index (χ4v) is 14.1. The molecule has 2 aromatic rings. The van der Waals surface area contributed by atoms with Crippen molar-refractivity contribution >= 4 is 26.6 Å². The first-order valence-electron chi connectivity index (χ1n) is 13.5. The molecule has 8 nitrogen and oxygen atoms in total. The highest BCUT2D eigenvalue weighted by atomic mass is 31.2. The van der Waals surface area contributed by atoms with Crippen LogP contribution in [0.25, 0.3) is 0 Å². The molecular formula is C26H36N6O2P2. The zero-order chi connectivity index (χ0) is 24.3. The molecule has 0 aliphatic carbocycles. The van der Waals surface area contributed by atoms with Crippen LogP contribution >= 0.6 is 15.2 Å². The maximum atomic E-state index is 15.0. The lowest BCUT2D eigenvalue weighted by Crippen LogP contribution is -2.49. The average Bonchev–Trinajstić information content (AvgIpc) is 3.69. The lowest BCUT2D eigenvalue weighted by atomic mass is 10.2. The maximum Gasteiger partial charge on any atom is 0.311 e. The quantitative estimate of drug-likeness (QED) is 0.528. The van der Waals surface area contributed by atoms with Gasteiger partial charge in [0.25, 0.3) is 0 Å². The van der Waals surface area contributed by atoms with E-state index in [0.29, 0.717) is 38.3 Å². The highest BCUT2D eigenvalue weighted by molar-refractivity contribution is 7.61. The number of nitrogens with zero attached hydrogens (tertiary/aromatic N) is 6. The van der Waals surface area contributed by atoms with Gasteiger partial charge in [0.2, 0.25) is 0 Å². The number of anilines is 2. The van der Waals surface area contributed by atoms with E-state index < -0.39 is 15.2 Å². The van der Waals surface area contributed by atoms with Crippen molar-refractivity contribution < 1.29 is 9.13 Å². The summed E-state index contributed by atoms with van der Waals surface area (Å²) in [6.45, 7) is 6.17. The van der Waals surface area contributed by atoms with E-state index >= 15 is 0 Å². The molecule has 0 saturated carbocycles. The van der Waals surface area contributed by atoms with Crippen molar-refractivity contribution in [3.05, 3.63) is 60.7 Å². The maximum absolute atomic E-state index is 15.0. The first-order chi connectivity index (χ1) is 17.6. The average molecular weight is 527 g/mol. The fraction of sp³-hybridized carbons (Fsp3) is 0.538. The zero-order valence-corrected chi connectivity index (χ0v) is 22.6. The van der Waals surface area contributed by atoms with E-state index in [4.69, 9.17) is 0 Å². The molecule has 36 heavy (non-hydrogen) atoms. The molecule has 0 amide bonds. The molecule has 5 aliphatic heterocycles. The molecule has 5 saturated heterocycles. The van der Waals surface area contributed by atoms with Gasteiger partial charge in [-0.05, 0) is 49.9 Å². The van der Waals surface area contributed by atoms with Crippen LogP contribution in [-0.4, -0.2) is 83.1 Å². The summed E-state index contributed by atoms with van der Waals surface area (Å²) in [5.74, 6) is 0. The van der Waals surface area contributed by atoms with Gasteiger partial charge in [-0.1, -0.05) is 36.4 Å². The number of piperazine rings is 1. The minimum atomic E-state index is -2.90. The number of hydrogen-bond acceptors (Lipinski definition) is 2. The molecule has 192 valence electrons. The third kappa shape index (κ3) is 3.42. The predicted octanol–water partition coefficient (Wildman–Crippen LogP) is 4.79. The van der Waals surface area contributed by atoms with Gasteiger partial charge in [-0.25, -0.2) is 18.7 Å². The zero-order valence-electron chi connectivity index (χ0n) is 20.8. The molecule has 0 N–H and O–H groups in total. The number of para-hydroxylation sites is 2. The second kappa shape index (κ2) is 8.97. The van der Waals surface area contributed by atoms with Crippen molar-refractivity contribution in [3.8, 4) is 0 Å². The Balaban J connectivity index is 1.17. The smallest absolute Gasteiger partial charge is 0.297 e. The van der Waals surface area contributed by atoms with Gasteiger partial charge in [-0.3, -0.25) is 18.5 Å². The van der Waals surface area contributed by atoms with Crippen molar-refractivity contribution in [3.63, 3.8) is 0 Å². The van der Waals surface area contributed by atoms with Crippen LogP contribution in [0.4, 0.5) is 11.4 Å². The second-order valence-corrected chi connectivity index (χ2v) is 15.9. The molecule has 5 heterocycles.